The topological polar surface area (TPSA) is 32.3 Å². The Labute approximate surface area is 105 Å². The minimum absolute atomic E-state index is 0.166. The highest BCUT2D eigenvalue weighted by Crippen LogP contribution is 2.37. The van der Waals surface area contributed by atoms with E-state index in [1.54, 1.807) is 12.1 Å². The molecule has 1 aromatic rings. The van der Waals surface area contributed by atoms with E-state index in [0.29, 0.717) is 28.8 Å². The highest BCUT2D eigenvalue weighted by atomic mass is 79.9. The highest BCUT2D eigenvalue weighted by molar-refractivity contribution is 9.10. The Morgan fingerprint density at radius 2 is 1.93 bits per heavy atom. The Kier molecular flexibility index (Phi) is 3.09. The van der Waals surface area contributed by atoms with E-state index in [2.05, 4.69) is 21.2 Å². The van der Waals surface area contributed by atoms with Crippen LogP contribution in [0.4, 0.5) is 10.5 Å². The molecule has 1 heterocycles. The Hall–Kier alpha value is -0.450. The summed E-state index contributed by atoms with van der Waals surface area (Å²) in [5.74, 6) is 0. The summed E-state index contributed by atoms with van der Waals surface area (Å²) in [7, 11) is 0. The third-order valence-electron chi connectivity index (χ3n) is 2.11. The van der Waals surface area contributed by atoms with Crippen LogP contribution in [-0.2, 0) is 0 Å². The van der Waals surface area contributed by atoms with Crippen LogP contribution in [-0.4, -0.2) is 19.1 Å². The molecule has 0 saturated carbocycles. The van der Waals surface area contributed by atoms with Gasteiger partial charge in [0.25, 0.3) is 0 Å². The van der Waals surface area contributed by atoms with Gasteiger partial charge in [-0.3, -0.25) is 4.90 Å². The molecule has 3 nitrogen and oxygen atoms in total. The van der Waals surface area contributed by atoms with Gasteiger partial charge in [0, 0.05) is 17.6 Å². The SMILES string of the molecule is O=C1NCCN1c1c(Cl)cc(Br)cc1Cl. The van der Waals surface area contributed by atoms with Crippen LogP contribution in [0.25, 0.3) is 0 Å². The number of halogens is 3. The molecule has 0 aliphatic carbocycles. The third-order valence-corrected chi connectivity index (χ3v) is 3.14. The summed E-state index contributed by atoms with van der Waals surface area (Å²) in [5, 5.41) is 3.62. The van der Waals surface area contributed by atoms with E-state index in [1.807, 2.05) is 0 Å². The molecule has 1 fully saturated rings. The van der Waals surface area contributed by atoms with E-state index in [9.17, 15) is 4.79 Å². The summed E-state index contributed by atoms with van der Waals surface area (Å²) >= 11 is 15.4. The molecule has 2 rings (SSSR count). The van der Waals surface area contributed by atoms with Crippen molar-refractivity contribution in [1.82, 2.24) is 5.32 Å². The molecule has 1 N–H and O–H groups in total. The highest BCUT2D eigenvalue weighted by Gasteiger charge is 2.25. The number of rotatable bonds is 1. The monoisotopic (exact) mass is 308 g/mol. The smallest absolute Gasteiger partial charge is 0.322 e. The fraction of sp³-hybridized carbons (Fsp3) is 0.222. The van der Waals surface area contributed by atoms with Crippen LogP contribution in [0.1, 0.15) is 0 Å². The number of hydrogen-bond donors (Lipinski definition) is 1. The zero-order valence-electron chi connectivity index (χ0n) is 7.56. The van der Waals surface area contributed by atoms with E-state index >= 15 is 0 Å². The lowest BCUT2D eigenvalue weighted by atomic mass is 10.3. The maximum absolute atomic E-state index is 11.4. The van der Waals surface area contributed by atoms with Crippen LogP contribution in [0.15, 0.2) is 16.6 Å². The van der Waals surface area contributed by atoms with Crippen molar-refractivity contribution in [2.45, 2.75) is 0 Å². The van der Waals surface area contributed by atoms with Gasteiger partial charge in [0.1, 0.15) is 0 Å². The maximum atomic E-state index is 11.4. The lowest BCUT2D eigenvalue weighted by Crippen LogP contribution is -2.28. The number of carbonyl (C=O) groups excluding carboxylic acids is 1. The second-order valence-corrected chi connectivity index (χ2v) is 4.83. The Morgan fingerprint density at radius 3 is 2.40 bits per heavy atom. The maximum Gasteiger partial charge on any atom is 0.322 e. The number of hydrogen-bond acceptors (Lipinski definition) is 1. The van der Waals surface area contributed by atoms with Crippen molar-refractivity contribution in [1.29, 1.82) is 0 Å². The van der Waals surface area contributed by atoms with Gasteiger partial charge in [-0.15, -0.1) is 0 Å². The average Bonchev–Trinajstić information content (AvgIpc) is 2.50. The van der Waals surface area contributed by atoms with Crippen molar-refractivity contribution in [2.75, 3.05) is 18.0 Å². The molecule has 1 aliphatic rings. The average molecular weight is 310 g/mol. The van der Waals surface area contributed by atoms with Crippen LogP contribution in [0.5, 0.6) is 0 Å². The second-order valence-electron chi connectivity index (χ2n) is 3.10. The molecule has 80 valence electrons. The fourth-order valence-corrected chi connectivity index (χ4v) is 2.89. The normalized spacial score (nSPS) is 15.7. The van der Waals surface area contributed by atoms with Gasteiger partial charge in [-0.1, -0.05) is 39.1 Å². The summed E-state index contributed by atoms with van der Waals surface area (Å²) in [6.45, 7) is 1.20. The first kappa shape index (κ1) is 11.0. The Bertz CT molecular complexity index is 402. The molecule has 0 radical (unpaired) electrons. The van der Waals surface area contributed by atoms with Crippen LogP contribution >= 0.6 is 39.1 Å². The zero-order chi connectivity index (χ0) is 11.0. The van der Waals surface area contributed by atoms with Gasteiger partial charge >= 0.3 is 6.03 Å². The predicted octanol–water partition coefficient (Wildman–Crippen LogP) is 3.29. The lowest BCUT2D eigenvalue weighted by Gasteiger charge is -2.17. The molecule has 1 saturated heterocycles. The number of anilines is 1. The van der Waals surface area contributed by atoms with Gasteiger partial charge < -0.3 is 5.32 Å². The van der Waals surface area contributed by atoms with E-state index in [-0.39, 0.29) is 6.03 Å². The summed E-state index contributed by atoms with van der Waals surface area (Å²) in [6.07, 6.45) is 0. The van der Waals surface area contributed by atoms with Gasteiger partial charge in [0.05, 0.1) is 15.7 Å². The number of benzene rings is 1. The first-order valence-corrected chi connectivity index (χ1v) is 5.84. The minimum Gasteiger partial charge on any atom is -0.336 e. The number of amides is 2. The molecule has 1 aliphatic heterocycles. The van der Waals surface area contributed by atoms with E-state index in [0.717, 1.165) is 4.47 Å². The summed E-state index contributed by atoms with van der Waals surface area (Å²) in [4.78, 5) is 13.0. The molecule has 0 atom stereocenters. The number of carbonyl (C=O) groups is 1. The largest absolute Gasteiger partial charge is 0.336 e. The molecule has 2 amide bonds. The second kappa shape index (κ2) is 4.20. The molecule has 15 heavy (non-hydrogen) atoms. The number of urea groups is 1. The first-order chi connectivity index (χ1) is 7.09. The van der Waals surface area contributed by atoms with Crippen LogP contribution in [0.2, 0.25) is 10.0 Å². The number of nitrogens with zero attached hydrogens (tertiary/aromatic N) is 1. The standard InChI is InChI=1S/C9H7BrCl2N2O/c10-5-3-6(11)8(7(12)4-5)14-2-1-13-9(14)15/h3-4H,1-2H2,(H,13,15). The summed E-state index contributed by atoms with van der Waals surface area (Å²) in [5.41, 5.74) is 0.566. The number of nitrogens with one attached hydrogen (secondary N) is 1. The minimum atomic E-state index is -0.166. The van der Waals surface area contributed by atoms with Crippen molar-refractivity contribution in [3.05, 3.63) is 26.7 Å². The van der Waals surface area contributed by atoms with Crippen LogP contribution in [0.3, 0.4) is 0 Å². The molecule has 0 spiro atoms. The Morgan fingerprint density at radius 1 is 1.33 bits per heavy atom. The van der Waals surface area contributed by atoms with E-state index in [1.165, 1.54) is 4.90 Å². The Balaban J connectivity index is 2.47. The predicted molar refractivity (Wildman–Crippen MR) is 64.9 cm³/mol. The molecular weight excluding hydrogens is 303 g/mol. The van der Waals surface area contributed by atoms with Crippen molar-refractivity contribution in [3.63, 3.8) is 0 Å². The van der Waals surface area contributed by atoms with Crippen LogP contribution in [0, 0.1) is 0 Å². The van der Waals surface area contributed by atoms with Gasteiger partial charge in [-0.25, -0.2) is 4.79 Å². The zero-order valence-corrected chi connectivity index (χ0v) is 10.7. The fourth-order valence-electron chi connectivity index (χ4n) is 1.48. The molecule has 1 aromatic carbocycles. The van der Waals surface area contributed by atoms with Crippen molar-refractivity contribution in [2.24, 2.45) is 0 Å². The lowest BCUT2D eigenvalue weighted by molar-refractivity contribution is 0.252. The molecule has 6 heteroatoms. The van der Waals surface area contributed by atoms with Crippen molar-refractivity contribution < 1.29 is 4.79 Å². The van der Waals surface area contributed by atoms with Crippen molar-refractivity contribution in [3.8, 4) is 0 Å². The van der Waals surface area contributed by atoms with Crippen molar-refractivity contribution >= 4 is 50.9 Å². The first-order valence-electron chi connectivity index (χ1n) is 4.29. The third kappa shape index (κ3) is 2.07. The summed E-state index contributed by atoms with van der Waals surface area (Å²) in [6, 6.07) is 3.27. The van der Waals surface area contributed by atoms with Gasteiger partial charge in [-0.05, 0) is 12.1 Å². The van der Waals surface area contributed by atoms with E-state index < -0.39 is 0 Å². The molecule has 0 aromatic heterocycles. The van der Waals surface area contributed by atoms with Gasteiger partial charge in [0.2, 0.25) is 0 Å². The quantitative estimate of drug-likeness (QED) is 0.848. The van der Waals surface area contributed by atoms with Gasteiger partial charge in [0.15, 0.2) is 0 Å². The van der Waals surface area contributed by atoms with E-state index in [4.69, 9.17) is 23.2 Å². The summed E-state index contributed by atoms with van der Waals surface area (Å²) < 4.78 is 0.792. The van der Waals surface area contributed by atoms with Crippen LogP contribution < -0.4 is 10.2 Å². The molecular formula is C9H7BrCl2N2O. The molecule has 0 unspecified atom stereocenters. The van der Waals surface area contributed by atoms with Gasteiger partial charge in [-0.2, -0.15) is 0 Å². The molecule has 0 bridgehead atoms.